The largest absolute Gasteiger partial charge is 0.465 e. The van der Waals surface area contributed by atoms with E-state index in [0.717, 1.165) is 11.3 Å². The maximum absolute atomic E-state index is 11.9. The van der Waals surface area contributed by atoms with Crippen molar-refractivity contribution in [2.24, 2.45) is 4.99 Å². The highest BCUT2D eigenvalue weighted by molar-refractivity contribution is 8.18. The third-order valence-electron chi connectivity index (χ3n) is 2.87. The van der Waals surface area contributed by atoms with Crippen LogP contribution in [0.15, 0.2) is 50.9 Å². The Morgan fingerprint density at radius 3 is 2.95 bits per heavy atom. The molecule has 1 amide bonds. The zero-order valence-corrected chi connectivity index (χ0v) is 12.7. The van der Waals surface area contributed by atoms with Crippen LogP contribution in [0.4, 0.5) is 5.69 Å². The Morgan fingerprint density at radius 2 is 2.19 bits per heavy atom. The standard InChI is InChI=1S/C15H11ClN2O2S/c1-9-4-2-6-11(13(9)16)17-15-18-14(19)12(21-15)8-10-5-3-7-20-10/h2-8H,1H3,(H,17,18,19)/b12-8+. The molecule has 0 radical (unpaired) electrons. The third-order valence-corrected chi connectivity index (χ3v) is 4.27. The first-order valence-corrected chi connectivity index (χ1v) is 7.41. The van der Waals surface area contributed by atoms with Gasteiger partial charge in [-0.05, 0) is 42.4 Å². The Labute approximate surface area is 130 Å². The zero-order chi connectivity index (χ0) is 14.8. The molecule has 0 spiro atoms. The fraction of sp³-hybridized carbons (Fsp3) is 0.0667. The fourth-order valence-electron chi connectivity index (χ4n) is 1.82. The van der Waals surface area contributed by atoms with Gasteiger partial charge in [-0.25, -0.2) is 0 Å². The van der Waals surface area contributed by atoms with E-state index in [1.54, 1.807) is 24.5 Å². The SMILES string of the molecule is Cc1cccc(NC2=NC(=O)/C(=C\c3ccco3)S2)c1Cl. The van der Waals surface area contributed by atoms with Crippen molar-refractivity contribution in [3.63, 3.8) is 0 Å². The van der Waals surface area contributed by atoms with Gasteiger partial charge in [0.25, 0.3) is 5.91 Å². The van der Waals surface area contributed by atoms with Crippen LogP contribution in [0.3, 0.4) is 0 Å². The van der Waals surface area contributed by atoms with E-state index in [0.29, 0.717) is 20.9 Å². The summed E-state index contributed by atoms with van der Waals surface area (Å²) in [6.07, 6.45) is 3.23. The van der Waals surface area contributed by atoms with Crippen LogP contribution < -0.4 is 5.32 Å². The summed E-state index contributed by atoms with van der Waals surface area (Å²) < 4.78 is 5.20. The number of furan rings is 1. The van der Waals surface area contributed by atoms with Crippen LogP contribution in [0.25, 0.3) is 6.08 Å². The van der Waals surface area contributed by atoms with Crippen LogP contribution >= 0.6 is 23.4 Å². The second kappa shape index (κ2) is 5.79. The van der Waals surface area contributed by atoms with Gasteiger partial charge in [0.15, 0.2) is 5.17 Å². The summed E-state index contributed by atoms with van der Waals surface area (Å²) in [5, 5.41) is 4.21. The molecule has 6 heteroatoms. The molecule has 21 heavy (non-hydrogen) atoms. The molecule has 0 atom stereocenters. The van der Waals surface area contributed by atoms with Crippen molar-refractivity contribution in [1.29, 1.82) is 0 Å². The number of carbonyl (C=O) groups excluding carboxylic acids is 1. The van der Waals surface area contributed by atoms with Crippen LogP contribution in [0.5, 0.6) is 0 Å². The average molecular weight is 319 g/mol. The van der Waals surface area contributed by atoms with Gasteiger partial charge in [0.05, 0.1) is 21.9 Å². The number of anilines is 1. The monoisotopic (exact) mass is 318 g/mol. The van der Waals surface area contributed by atoms with Gasteiger partial charge in [0.2, 0.25) is 0 Å². The Bertz CT molecular complexity index is 751. The summed E-state index contributed by atoms with van der Waals surface area (Å²) in [7, 11) is 0. The molecule has 1 aliphatic heterocycles. The Balaban J connectivity index is 1.78. The third kappa shape index (κ3) is 3.04. The molecule has 1 aromatic carbocycles. The number of carbonyl (C=O) groups is 1. The van der Waals surface area contributed by atoms with Crippen molar-refractivity contribution in [3.05, 3.63) is 57.8 Å². The molecule has 0 saturated carbocycles. The molecule has 2 aromatic rings. The topological polar surface area (TPSA) is 54.6 Å². The zero-order valence-electron chi connectivity index (χ0n) is 11.1. The van der Waals surface area contributed by atoms with Crippen molar-refractivity contribution >= 4 is 46.2 Å². The van der Waals surface area contributed by atoms with E-state index < -0.39 is 0 Å². The second-order valence-electron chi connectivity index (χ2n) is 4.41. The molecule has 4 nitrogen and oxygen atoms in total. The molecule has 1 aliphatic rings. The molecular weight excluding hydrogens is 308 g/mol. The number of aliphatic imine (C=N–C) groups is 1. The molecule has 0 aliphatic carbocycles. The molecule has 106 valence electrons. The lowest BCUT2D eigenvalue weighted by Crippen LogP contribution is -2.05. The first-order valence-electron chi connectivity index (χ1n) is 6.22. The number of rotatable bonds is 2. The lowest BCUT2D eigenvalue weighted by molar-refractivity contribution is -0.113. The number of amidine groups is 1. The summed E-state index contributed by atoms with van der Waals surface area (Å²) in [4.78, 5) is 16.3. The van der Waals surface area contributed by atoms with E-state index in [-0.39, 0.29) is 5.91 Å². The number of halogens is 1. The molecule has 0 bridgehead atoms. The fourth-order valence-corrected chi connectivity index (χ4v) is 2.80. The minimum absolute atomic E-state index is 0.289. The summed E-state index contributed by atoms with van der Waals surface area (Å²) in [5.74, 6) is 0.332. The van der Waals surface area contributed by atoms with Gasteiger partial charge in [-0.2, -0.15) is 4.99 Å². The number of hydrogen-bond acceptors (Lipinski definition) is 4. The summed E-state index contributed by atoms with van der Waals surface area (Å²) in [6.45, 7) is 1.92. The van der Waals surface area contributed by atoms with Gasteiger partial charge < -0.3 is 9.73 Å². The van der Waals surface area contributed by atoms with Gasteiger partial charge in [-0.3, -0.25) is 4.79 Å². The maximum atomic E-state index is 11.9. The van der Waals surface area contributed by atoms with Crippen LogP contribution in [-0.4, -0.2) is 11.1 Å². The predicted octanol–water partition coefficient (Wildman–Crippen LogP) is 4.32. The van der Waals surface area contributed by atoms with E-state index in [2.05, 4.69) is 10.3 Å². The van der Waals surface area contributed by atoms with Crippen molar-refractivity contribution in [3.8, 4) is 0 Å². The highest BCUT2D eigenvalue weighted by atomic mass is 35.5. The van der Waals surface area contributed by atoms with Crippen molar-refractivity contribution in [1.82, 2.24) is 0 Å². The number of hydrogen-bond donors (Lipinski definition) is 1. The van der Waals surface area contributed by atoms with Gasteiger partial charge in [0, 0.05) is 6.08 Å². The van der Waals surface area contributed by atoms with E-state index in [4.69, 9.17) is 16.0 Å². The lowest BCUT2D eigenvalue weighted by atomic mass is 10.2. The van der Waals surface area contributed by atoms with Gasteiger partial charge in [-0.15, -0.1) is 0 Å². The van der Waals surface area contributed by atoms with Gasteiger partial charge >= 0.3 is 0 Å². The molecule has 1 aromatic heterocycles. The van der Waals surface area contributed by atoms with E-state index in [1.807, 2.05) is 25.1 Å². The molecule has 3 rings (SSSR count). The average Bonchev–Trinajstić information content (AvgIpc) is 3.07. The highest BCUT2D eigenvalue weighted by Crippen LogP contribution is 2.32. The normalized spacial score (nSPS) is 16.4. The lowest BCUT2D eigenvalue weighted by Gasteiger charge is -2.08. The molecule has 1 N–H and O–H groups in total. The quantitative estimate of drug-likeness (QED) is 0.838. The van der Waals surface area contributed by atoms with Crippen molar-refractivity contribution < 1.29 is 9.21 Å². The maximum Gasteiger partial charge on any atom is 0.286 e. The highest BCUT2D eigenvalue weighted by Gasteiger charge is 2.23. The molecule has 0 saturated heterocycles. The molecular formula is C15H11ClN2O2S. The number of nitrogens with one attached hydrogen (secondary N) is 1. The van der Waals surface area contributed by atoms with E-state index in [9.17, 15) is 4.79 Å². The van der Waals surface area contributed by atoms with E-state index >= 15 is 0 Å². The summed E-state index contributed by atoms with van der Waals surface area (Å²) in [6, 6.07) is 9.21. The summed E-state index contributed by atoms with van der Waals surface area (Å²) in [5.41, 5.74) is 1.69. The Kier molecular flexibility index (Phi) is 3.86. The van der Waals surface area contributed by atoms with Crippen LogP contribution in [0.2, 0.25) is 5.02 Å². The minimum atomic E-state index is -0.289. The van der Waals surface area contributed by atoms with Crippen LogP contribution in [0, 0.1) is 6.92 Å². The first-order chi connectivity index (χ1) is 10.1. The predicted molar refractivity (Wildman–Crippen MR) is 86.5 cm³/mol. The minimum Gasteiger partial charge on any atom is -0.465 e. The Morgan fingerprint density at radius 1 is 1.33 bits per heavy atom. The van der Waals surface area contributed by atoms with Gasteiger partial charge in [0.1, 0.15) is 5.76 Å². The smallest absolute Gasteiger partial charge is 0.286 e. The van der Waals surface area contributed by atoms with E-state index in [1.165, 1.54) is 11.8 Å². The number of amides is 1. The second-order valence-corrected chi connectivity index (χ2v) is 5.82. The Hall–Kier alpha value is -1.98. The van der Waals surface area contributed by atoms with Crippen LogP contribution in [0.1, 0.15) is 11.3 Å². The number of aryl methyl sites for hydroxylation is 1. The van der Waals surface area contributed by atoms with Crippen molar-refractivity contribution in [2.45, 2.75) is 6.92 Å². The summed E-state index contributed by atoms with van der Waals surface area (Å²) >= 11 is 7.48. The van der Waals surface area contributed by atoms with Crippen LogP contribution in [-0.2, 0) is 4.79 Å². The molecule has 0 fully saturated rings. The number of benzene rings is 1. The number of nitrogens with zero attached hydrogens (tertiary/aromatic N) is 1. The van der Waals surface area contributed by atoms with Crippen molar-refractivity contribution in [2.75, 3.05) is 5.32 Å². The first kappa shape index (κ1) is 14.0. The number of thioether (sulfide) groups is 1. The molecule has 2 heterocycles. The molecule has 0 unspecified atom stereocenters. The van der Waals surface area contributed by atoms with Gasteiger partial charge in [-0.1, -0.05) is 23.7 Å².